The molecule has 1 unspecified atom stereocenters. The van der Waals surface area contributed by atoms with Gasteiger partial charge in [-0.15, -0.1) is 0 Å². The molecule has 1 fully saturated rings. The third-order valence-corrected chi connectivity index (χ3v) is 5.01. The number of hydrogen-bond acceptors (Lipinski definition) is 5. The van der Waals surface area contributed by atoms with Crippen LogP contribution >= 0.6 is 11.8 Å². The molecule has 0 aromatic heterocycles. The first-order valence-corrected chi connectivity index (χ1v) is 7.58. The summed E-state index contributed by atoms with van der Waals surface area (Å²) < 4.78 is 1.89. The molecular weight excluding hydrogens is 280 g/mol. The Morgan fingerprint density at radius 3 is 2.10 bits per heavy atom. The molecule has 3 N–H and O–H groups in total. The van der Waals surface area contributed by atoms with Crippen molar-refractivity contribution in [3.05, 3.63) is 0 Å². The molecule has 20 heavy (non-hydrogen) atoms. The summed E-state index contributed by atoms with van der Waals surface area (Å²) >= 11 is 6.46. The molecule has 1 aliphatic heterocycles. The largest absolute Gasteiger partial charge is 0.395 e. The fourth-order valence-corrected chi connectivity index (χ4v) is 3.48. The third kappa shape index (κ3) is 4.29. The molecule has 1 rings (SSSR count). The summed E-state index contributed by atoms with van der Waals surface area (Å²) in [5, 5.41) is 28.0. The van der Waals surface area contributed by atoms with Gasteiger partial charge in [0.25, 0.3) is 0 Å². The van der Waals surface area contributed by atoms with Crippen molar-refractivity contribution in [2.24, 2.45) is 0 Å². The zero-order chi connectivity index (χ0) is 15.6. The fourth-order valence-electron chi connectivity index (χ4n) is 3.34. The van der Waals surface area contributed by atoms with Crippen LogP contribution in [0.1, 0.15) is 40.5 Å². The molecule has 0 spiro atoms. The average Bonchev–Trinajstić information content (AvgIpc) is 2.34. The van der Waals surface area contributed by atoms with Crippen molar-refractivity contribution in [1.29, 1.82) is 0 Å². The third-order valence-electron chi connectivity index (χ3n) is 4.09. The maximum atomic E-state index is 9.69. The summed E-state index contributed by atoms with van der Waals surface area (Å²) in [6.45, 7) is 9.07. The molecule has 0 aromatic rings. The Hall–Kier alpha value is 0.0900. The lowest BCUT2D eigenvalue weighted by molar-refractivity contribution is -0.0292. The summed E-state index contributed by atoms with van der Waals surface area (Å²) in [6, 6.07) is 0.225. The number of rotatable bonds is 6. The Morgan fingerprint density at radius 2 is 1.70 bits per heavy atom. The first-order valence-electron chi connectivity index (χ1n) is 7.24. The minimum absolute atomic E-state index is 0.0418. The fraction of sp³-hybridized carbons (Fsp3) is 1.00. The number of hydrogen-bond donors (Lipinski definition) is 3. The Kier molecular flexibility index (Phi) is 6.26. The predicted molar refractivity (Wildman–Crippen MR) is 80.6 cm³/mol. The number of aliphatic hydroxyl groups is 3. The van der Waals surface area contributed by atoms with Gasteiger partial charge in [0.15, 0.2) is 0 Å². The minimum Gasteiger partial charge on any atom is -0.395 e. The Labute approximate surface area is 127 Å². The van der Waals surface area contributed by atoms with E-state index in [0.717, 1.165) is 12.8 Å². The lowest BCUT2D eigenvalue weighted by Crippen LogP contribution is -2.61. The van der Waals surface area contributed by atoms with Crippen molar-refractivity contribution in [2.45, 2.75) is 63.8 Å². The van der Waals surface area contributed by atoms with Crippen LogP contribution in [0.2, 0.25) is 0 Å². The van der Waals surface area contributed by atoms with Crippen LogP contribution in [-0.4, -0.2) is 74.2 Å². The summed E-state index contributed by atoms with van der Waals surface area (Å²) in [4.78, 5) is 2.06. The monoisotopic (exact) mass is 308 g/mol. The molecule has 5 nitrogen and oxygen atoms in total. The lowest BCUT2D eigenvalue weighted by Gasteiger charge is -2.53. The van der Waals surface area contributed by atoms with Crippen LogP contribution < -0.4 is 0 Å². The molecule has 1 heterocycles. The molecule has 1 atom stereocenters. The van der Waals surface area contributed by atoms with E-state index < -0.39 is 6.10 Å². The second-order valence-corrected chi connectivity index (χ2v) is 7.36. The SMILES string of the molecule is CC1(C)CC(N(CCO)CC(O)CO)CC(C)(C)N1Cl. The van der Waals surface area contributed by atoms with E-state index in [1.54, 1.807) is 0 Å². The van der Waals surface area contributed by atoms with Gasteiger partial charge in [0.05, 0.1) is 19.3 Å². The van der Waals surface area contributed by atoms with Crippen LogP contribution in [-0.2, 0) is 0 Å². The van der Waals surface area contributed by atoms with Crippen molar-refractivity contribution in [1.82, 2.24) is 9.32 Å². The first-order chi connectivity index (χ1) is 9.14. The topological polar surface area (TPSA) is 67.2 Å². The van der Waals surface area contributed by atoms with Crippen molar-refractivity contribution >= 4 is 11.8 Å². The molecule has 0 saturated carbocycles. The van der Waals surface area contributed by atoms with Crippen molar-refractivity contribution < 1.29 is 15.3 Å². The molecule has 0 aliphatic carbocycles. The van der Waals surface area contributed by atoms with Gasteiger partial charge in [-0.1, -0.05) is 0 Å². The number of halogens is 1. The molecule has 6 heteroatoms. The molecule has 0 aromatic carbocycles. The van der Waals surface area contributed by atoms with E-state index in [9.17, 15) is 10.2 Å². The first kappa shape index (κ1) is 18.1. The van der Waals surface area contributed by atoms with Gasteiger partial charge in [0, 0.05) is 30.2 Å². The van der Waals surface area contributed by atoms with E-state index in [1.165, 1.54) is 0 Å². The van der Waals surface area contributed by atoms with Crippen LogP contribution in [0.4, 0.5) is 0 Å². The number of piperidine rings is 1. The molecule has 120 valence electrons. The van der Waals surface area contributed by atoms with Crippen molar-refractivity contribution in [2.75, 3.05) is 26.3 Å². The second-order valence-electron chi connectivity index (χ2n) is 7.02. The lowest BCUT2D eigenvalue weighted by atomic mass is 9.78. The van der Waals surface area contributed by atoms with Crippen LogP contribution in [0.3, 0.4) is 0 Å². The Morgan fingerprint density at radius 1 is 1.20 bits per heavy atom. The summed E-state index contributed by atoms with van der Waals surface area (Å²) in [5.41, 5.74) is -0.322. The predicted octanol–water partition coefficient (Wildman–Crippen LogP) is 0.809. The number of nitrogens with zero attached hydrogens (tertiary/aromatic N) is 2. The summed E-state index contributed by atoms with van der Waals surface area (Å²) in [5.74, 6) is 0. The van der Waals surface area contributed by atoms with Gasteiger partial charge < -0.3 is 15.3 Å². The van der Waals surface area contributed by atoms with E-state index in [0.29, 0.717) is 13.1 Å². The van der Waals surface area contributed by atoms with E-state index in [2.05, 4.69) is 32.6 Å². The maximum absolute atomic E-state index is 9.69. The van der Waals surface area contributed by atoms with Crippen LogP contribution in [0.15, 0.2) is 0 Å². The van der Waals surface area contributed by atoms with E-state index >= 15 is 0 Å². The number of aliphatic hydroxyl groups excluding tert-OH is 3. The van der Waals surface area contributed by atoms with Crippen LogP contribution in [0, 0.1) is 0 Å². The molecular formula is C14H29ClN2O3. The zero-order valence-corrected chi connectivity index (χ0v) is 13.8. The van der Waals surface area contributed by atoms with Crippen molar-refractivity contribution in [3.8, 4) is 0 Å². The zero-order valence-electron chi connectivity index (χ0n) is 13.0. The van der Waals surface area contributed by atoms with Gasteiger partial charge in [-0.05, 0) is 52.3 Å². The quantitative estimate of drug-likeness (QED) is 0.634. The second kappa shape index (κ2) is 6.90. The highest BCUT2D eigenvalue weighted by molar-refractivity contribution is 6.14. The highest BCUT2D eigenvalue weighted by Crippen LogP contribution is 2.41. The molecule has 1 saturated heterocycles. The van der Waals surface area contributed by atoms with Gasteiger partial charge in [-0.25, -0.2) is 4.42 Å². The van der Waals surface area contributed by atoms with Gasteiger partial charge in [-0.2, -0.15) is 0 Å². The summed E-state index contributed by atoms with van der Waals surface area (Å²) in [6.07, 6.45) is 0.942. The van der Waals surface area contributed by atoms with Gasteiger partial charge in [0.2, 0.25) is 0 Å². The molecule has 1 aliphatic rings. The van der Waals surface area contributed by atoms with Crippen LogP contribution in [0.5, 0.6) is 0 Å². The molecule has 0 amide bonds. The van der Waals surface area contributed by atoms with Gasteiger partial charge in [0.1, 0.15) is 0 Å². The van der Waals surface area contributed by atoms with Crippen LogP contribution in [0.25, 0.3) is 0 Å². The highest BCUT2D eigenvalue weighted by atomic mass is 35.5. The summed E-state index contributed by atoms with van der Waals surface area (Å²) in [7, 11) is 0. The van der Waals surface area contributed by atoms with E-state index in [-0.39, 0.29) is 30.3 Å². The molecule has 0 bridgehead atoms. The normalized spacial score (nSPS) is 25.1. The highest BCUT2D eigenvalue weighted by Gasteiger charge is 2.46. The van der Waals surface area contributed by atoms with Crippen molar-refractivity contribution in [3.63, 3.8) is 0 Å². The smallest absolute Gasteiger partial charge is 0.0897 e. The average molecular weight is 309 g/mol. The Bertz CT molecular complexity index is 295. The van der Waals surface area contributed by atoms with Gasteiger partial charge in [-0.3, -0.25) is 4.90 Å². The Balaban J connectivity index is 2.85. The van der Waals surface area contributed by atoms with Gasteiger partial charge >= 0.3 is 0 Å². The standard InChI is InChI=1S/C14H29ClN2O3/c1-13(2)7-11(8-14(3,4)17(13)15)16(5-6-18)9-12(20)10-19/h11-12,18-20H,5-10H2,1-4H3. The maximum Gasteiger partial charge on any atom is 0.0897 e. The van der Waals surface area contributed by atoms with E-state index in [1.807, 2.05) is 4.42 Å². The minimum atomic E-state index is -0.776. The van der Waals surface area contributed by atoms with E-state index in [4.69, 9.17) is 16.9 Å². The molecule has 0 radical (unpaired) electrons.